The number of fused-ring (bicyclic) bond motifs is 1. The molecule has 1 aromatic carbocycles. The average Bonchev–Trinajstić information content (AvgIpc) is 2.85. The lowest BCUT2D eigenvalue weighted by molar-refractivity contribution is 0.0948. The van der Waals surface area contributed by atoms with Crippen LogP contribution in [-0.4, -0.2) is 42.5 Å². The summed E-state index contributed by atoms with van der Waals surface area (Å²) in [5, 5.41) is 3.64. The number of amides is 1. The van der Waals surface area contributed by atoms with E-state index in [2.05, 4.69) is 31.0 Å². The van der Waals surface area contributed by atoms with Gasteiger partial charge in [0.1, 0.15) is 0 Å². The van der Waals surface area contributed by atoms with Gasteiger partial charge in [0.25, 0.3) is 5.91 Å². The summed E-state index contributed by atoms with van der Waals surface area (Å²) in [5.41, 5.74) is 8.44. The zero-order valence-corrected chi connectivity index (χ0v) is 16.5. The lowest BCUT2D eigenvalue weighted by atomic mass is 9.92. The Bertz CT molecular complexity index is 649. The molecular weight excluding hydrogens is 334 g/mol. The van der Waals surface area contributed by atoms with Crippen LogP contribution in [0.25, 0.3) is 0 Å². The topological polar surface area (TPSA) is 58.4 Å². The van der Waals surface area contributed by atoms with Gasteiger partial charge >= 0.3 is 0 Å². The smallest absolute Gasteiger partial charge is 0.251 e. The predicted molar refractivity (Wildman–Crippen MR) is 103 cm³/mol. The first kappa shape index (κ1) is 18.7. The molecule has 0 spiro atoms. The molecule has 1 heterocycles. The summed E-state index contributed by atoms with van der Waals surface area (Å²) in [6, 6.07) is 5.43. The van der Waals surface area contributed by atoms with E-state index in [0.717, 1.165) is 25.2 Å². The normalized spacial score (nSPS) is 28.7. The molecule has 4 nitrogen and oxygen atoms in total. The summed E-state index contributed by atoms with van der Waals surface area (Å²) in [7, 11) is 0. The Kier molecular flexibility index (Phi) is 4.91. The number of nitrogens with two attached hydrogens (primary N) is 1. The molecule has 1 aliphatic heterocycles. The highest BCUT2D eigenvalue weighted by Gasteiger charge is 2.66. The van der Waals surface area contributed by atoms with Crippen molar-refractivity contribution in [2.45, 2.75) is 39.7 Å². The minimum atomic E-state index is -0.116. The Hall–Kier alpha value is -1.10. The molecule has 1 aliphatic carbocycles. The van der Waals surface area contributed by atoms with Gasteiger partial charge in [-0.2, -0.15) is 0 Å². The highest BCUT2D eigenvalue weighted by Crippen LogP contribution is 2.53. The highest BCUT2D eigenvalue weighted by atomic mass is 35.5. The van der Waals surface area contributed by atoms with Gasteiger partial charge in [-0.15, -0.1) is 0 Å². The molecule has 3 unspecified atom stereocenters. The first-order valence-electron chi connectivity index (χ1n) is 9.15. The molecule has 1 aromatic rings. The van der Waals surface area contributed by atoms with Crippen LogP contribution in [0.15, 0.2) is 18.2 Å². The van der Waals surface area contributed by atoms with E-state index >= 15 is 0 Å². The van der Waals surface area contributed by atoms with Gasteiger partial charge in [-0.3, -0.25) is 4.79 Å². The fraction of sp³-hybridized carbons (Fsp3) is 0.650. The van der Waals surface area contributed by atoms with Gasteiger partial charge in [0.15, 0.2) is 0 Å². The largest absolute Gasteiger partial charge is 0.352 e. The van der Waals surface area contributed by atoms with Gasteiger partial charge in [-0.05, 0) is 55.0 Å². The van der Waals surface area contributed by atoms with Crippen LogP contribution in [0.5, 0.6) is 0 Å². The van der Waals surface area contributed by atoms with Crippen LogP contribution in [0.4, 0.5) is 0 Å². The minimum Gasteiger partial charge on any atom is -0.352 e. The van der Waals surface area contributed by atoms with Crippen LogP contribution in [-0.2, 0) is 0 Å². The molecule has 3 atom stereocenters. The van der Waals surface area contributed by atoms with Gasteiger partial charge in [0, 0.05) is 41.7 Å². The molecule has 1 saturated carbocycles. The molecule has 0 radical (unpaired) electrons. The fourth-order valence-electron chi connectivity index (χ4n) is 4.06. The fourth-order valence-corrected chi connectivity index (χ4v) is 4.35. The van der Waals surface area contributed by atoms with E-state index in [-0.39, 0.29) is 11.4 Å². The molecule has 3 N–H and O–H groups in total. The van der Waals surface area contributed by atoms with Crippen LogP contribution in [0.2, 0.25) is 5.02 Å². The second-order valence-electron chi connectivity index (χ2n) is 9.10. The minimum absolute atomic E-state index is 0.0660. The molecule has 0 aromatic heterocycles. The van der Waals surface area contributed by atoms with Gasteiger partial charge < -0.3 is 16.0 Å². The molecule has 1 amide bonds. The van der Waals surface area contributed by atoms with Crippen molar-refractivity contribution in [1.29, 1.82) is 0 Å². The molecule has 0 bridgehead atoms. The number of carbonyl (C=O) groups excluding carboxylic acids is 1. The van der Waals surface area contributed by atoms with E-state index in [0.29, 0.717) is 34.4 Å². The quantitative estimate of drug-likeness (QED) is 0.845. The summed E-state index contributed by atoms with van der Waals surface area (Å²) in [6.45, 7) is 12.5. The number of piperidine rings is 1. The van der Waals surface area contributed by atoms with E-state index in [1.54, 1.807) is 6.07 Å². The first-order chi connectivity index (χ1) is 11.6. The first-order valence-corrected chi connectivity index (χ1v) is 9.53. The summed E-state index contributed by atoms with van der Waals surface area (Å²) >= 11 is 6.04. The van der Waals surface area contributed by atoms with Crippen molar-refractivity contribution in [3.8, 4) is 0 Å². The zero-order chi connectivity index (χ0) is 18.4. The van der Waals surface area contributed by atoms with Crippen LogP contribution >= 0.6 is 11.6 Å². The molecular formula is C20H30ClN3O. The van der Waals surface area contributed by atoms with Crippen molar-refractivity contribution < 1.29 is 4.79 Å². The molecule has 5 heteroatoms. The second kappa shape index (κ2) is 6.57. The maximum atomic E-state index is 12.4. The number of likely N-dealkylation sites (tertiary alicyclic amines) is 1. The maximum absolute atomic E-state index is 12.4. The number of aryl methyl sites for hydroxylation is 1. The van der Waals surface area contributed by atoms with Gasteiger partial charge in [0.05, 0.1) is 0 Å². The van der Waals surface area contributed by atoms with Crippen molar-refractivity contribution in [2.24, 2.45) is 23.0 Å². The number of benzene rings is 1. The monoisotopic (exact) mass is 363 g/mol. The Morgan fingerprint density at radius 1 is 1.40 bits per heavy atom. The Labute approximate surface area is 156 Å². The molecule has 2 aliphatic rings. The van der Waals surface area contributed by atoms with E-state index in [9.17, 15) is 4.79 Å². The van der Waals surface area contributed by atoms with E-state index in [1.165, 1.54) is 6.42 Å². The number of halogens is 1. The molecule has 138 valence electrons. The summed E-state index contributed by atoms with van der Waals surface area (Å²) in [6.07, 6.45) is 1.19. The van der Waals surface area contributed by atoms with Crippen LogP contribution in [0.3, 0.4) is 0 Å². The Balaban J connectivity index is 1.48. The van der Waals surface area contributed by atoms with Crippen LogP contribution in [0, 0.1) is 24.2 Å². The summed E-state index contributed by atoms with van der Waals surface area (Å²) in [4.78, 5) is 14.8. The van der Waals surface area contributed by atoms with Gasteiger partial charge in [-0.25, -0.2) is 0 Å². The summed E-state index contributed by atoms with van der Waals surface area (Å²) in [5.74, 6) is 0.834. The number of nitrogens with one attached hydrogen (secondary N) is 1. The third-order valence-electron chi connectivity index (χ3n) is 5.67. The highest BCUT2D eigenvalue weighted by molar-refractivity contribution is 6.31. The number of carbonyl (C=O) groups is 1. The number of nitrogens with zero attached hydrogens (tertiary/aromatic N) is 1. The SMILES string of the molecule is Cc1cc(Cl)cc(C(=O)NCC2C3CN(CCC(C)(C)C)CC23N)c1. The predicted octanol–water partition coefficient (Wildman–Crippen LogP) is 3.07. The van der Waals surface area contributed by atoms with E-state index in [1.807, 2.05) is 19.1 Å². The van der Waals surface area contributed by atoms with E-state index < -0.39 is 0 Å². The maximum Gasteiger partial charge on any atom is 0.251 e. The third kappa shape index (κ3) is 4.18. The lowest BCUT2D eigenvalue weighted by Gasteiger charge is -2.26. The lowest BCUT2D eigenvalue weighted by Crippen LogP contribution is -2.40. The zero-order valence-electron chi connectivity index (χ0n) is 15.7. The van der Waals surface area contributed by atoms with Crippen molar-refractivity contribution in [2.75, 3.05) is 26.2 Å². The third-order valence-corrected chi connectivity index (χ3v) is 5.89. The average molecular weight is 364 g/mol. The Morgan fingerprint density at radius 2 is 2.12 bits per heavy atom. The standard InChI is InChI=1S/C20H30ClN3O/c1-13-7-14(9-15(21)8-13)18(25)23-10-16-17-11-24(12-20(16,17)22)6-5-19(2,3)4/h7-9,16-17H,5-6,10-12,22H2,1-4H3,(H,23,25). The van der Waals surface area contributed by atoms with Crippen molar-refractivity contribution in [3.63, 3.8) is 0 Å². The molecule has 25 heavy (non-hydrogen) atoms. The summed E-state index contributed by atoms with van der Waals surface area (Å²) < 4.78 is 0. The van der Waals surface area contributed by atoms with Crippen LogP contribution < -0.4 is 11.1 Å². The number of hydrogen-bond donors (Lipinski definition) is 2. The van der Waals surface area contributed by atoms with E-state index in [4.69, 9.17) is 17.3 Å². The number of hydrogen-bond acceptors (Lipinski definition) is 3. The molecule has 2 fully saturated rings. The van der Waals surface area contributed by atoms with Gasteiger partial charge in [-0.1, -0.05) is 32.4 Å². The van der Waals surface area contributed by atoms with Crippen LogP contribution in [0.1, 0.15) is 43.1 Å². The van der Waals surface area contributed by atoms with Gasteiger partial charge in [0.2, 0.25) is 0 Å². The Morgan fingerprint density at radius 3 is 2.68 bits per heavy atom. The second-order valence-corrected chi connectivity index (χ2v) is 9.53. The molecule has 1 saturated heterocycles. The molecule has 3 rings (SSSR count). The van der Waals surface area contributed by atoms with Crippen molar-refractivity contribution in [3.05, 3.63) is 34.3 Å². The number of rotatable bonds is 5. The van der Waals surface area contributed by atoms with Crippen molar-refractivity contribution in [1.82, 2.24) is 10.2 Å². The van der Waals surface area contributed by atoms with Crippen molar-refractivity contribution >= 4 is 17.5 Å².